The van der Waals surface area contributed by atoms with Gasteiger partial charge in [0.05, 0.1) is 18.5 Å². The smallest absolute Gasteiger partial charge is 0.120 e. The molecule has 1 atom stereocenters. The van der Waals surface area contributed by atoms with Gasteiger partial charge in [-0.2, -0.15) is 10.2 Å². The van der Waals surface area contributed by atoms with Gasteiger partial charge in [-0.1, -0.05) is 6.07 Å². The number of nitrogens with one attached hydrogen (secondary N) is 2. The van der Waals surface area contributed by atoms with Crippen LogP contribution >= 0.6 is 0 Å². The number of rotatable bonds is 3. The van der Waals surface area contributed by atoms with Gasteiger partial charge in [0.25, 0.3) is 0 Å². The summed E-state index contributed by atoms with van der Waals surface area (Å²) in [5.74, 6) is 0.740. The summed E-state index contributed by atoms with van der Waals surface area (Å²) in [6.07, 6.45) is 5.74. The van der Waals surface area contributed by atoms with Crippen molar-refractivity contribution in [2.45, 2.75) is 25.4 Å². The molecule has 3 heterocycles. The Balaban J connectivity index is 1.76. The maximum absolute atomic E-state index is 6.39. The Hall–Kier alpha value is -2.54. The highest BCUT2D eigenvalue weighted by Gasteiger charge is 2.32. The second kappa shape index (κ2) is 5.45. The minimum absolute atomic E-state index is 0.529. The van der Waals surface area contributed by atoms with Gasteiger partial charge in [-0.15, -0.1) is 0 Å². The summed E-state index contributed by atoms with van der Waals surface area (Å²) < 4.78 is 0. The number of aliphatic imine (C=N–C) groups is 1. The van der Waals surface area contributed by atoms with Crippen LogP contribution in [0.5, 0.6) is 0 Å². The third-order valence-corrected chi connectivity index (χ3v) is 3.31. The monoisotopic (exact) mass is 283 g/mol. The molecule has 2 aromatic heterocycles. The lowest BCUT2D eigenvalue weighted by molar-refractivity contribution is 0.587. The van der Waals surface area contributed by atoms with Gasteiger partial charge in [0.2, 0.25) is 0 Å². The molecule has 0 amide bonds. The summed E-state index contributed by atoms with van der Waals surface area (Å²) >= 11 is 0. The van der Waals surface area contributed by atoms with Gasteiger partial charge in [0.15, 0.2) is 0 Å². The third kappa shape index (κ3) is 2.97. The predicted octanol–water partition coefficient (Wildman–Crippen LogP) is 0.845. The van der Waals surface area contributed by atoms with Crippen molar-refractivity contribution < 1.29 is 0 Å². The number of nitrogens with two attached hydrogens (primary N) is 1. The standard InChI is InChI=1S/C14H17N7/c1-10-5-12(20-19-10)14(15)6-13(21-18-9-14)17-8-11-3-2-4-16-7-11/h2-5,7,9H,6,8,15H2,1H3,(H,17,21)(H,19,20). The zero-order valence-corrected chi connectivity index (χ0v) is 11.7. The van der Waals surface area contributed by atoms with E-state index < -0.39 is 5.54 Å². The van der Waals surface area contributed by atoms with Crippen LogP contribution < -0.4 is 11.2 Å². The highest BCUT2D eigenvalue weighted by Crippen LogP contribution is 2.21. The van der Waals surface area contributed by atoms with Crippen LogP contribution in [0.15, 0.2) is 40.7 Å². The lowest BCUT2D eigenvalue weighted by Crippen LogP contribution is -2.47. The highest BCUT2D eigenvalue weighted by atomic mass is 15.3. The molecule has 0 saturated heterocycles. The lowest BCUT2D eigenvalue weighted by Gasteiger charge is -2.27. The molecular formula is C14H17N7. The van der Waals surface area contributed by atoms with Crippen molar-refractivity contribution in [1.29, 1.82) is 0 Å². The Morgan fingerprint density at radius 1 is 1.48 bits per heavy atom. The zero-order valence-electron chi connectivity index (χ0n) is 11.7. The average molecular weight is 283 g/mol. The van der Waals surface area contributed by atoms with Crippen molar-refractivity contribution in [3.63, 3.8) is 0 Å². The molecule has 0 aliphatic carbocycles. The van der Waals surface area contributed by atoms with Gasteiger partial charge in [-0.25, -0.2) is 0 Å². The normalized spacial score (nSPS) is 23.2. The Bertz CT molecular complexity index is 674. The first-order chi connectivity index (χ1) is 10.2. The number of pyridine rings is 1. The van der Waals surface area contributed by atoms with E-state index >= 15 is 0 Å². The van der Waals surface area contributed by atoms with Crippen molar-refractivity contribution in [2.24, 2.45) is 15.8 Å². The Morgan fingerprint density at radius 3 is 3.10 bits per heavy atom. The second-order valence-electron chi connectivity index (χ2n) is 5.15. The minimum atomic E-state index is -0.732. The molecule has 1 unspecified atom stereocenters. The molecule has 0 aromatic carbocycles. The van der Waals surface area contributed by atoms with Crippen LogP contribution in [0.2, 0.25) is 0 Å². The number of hydrogen-bond donors (Lipinski definition) is 3. The summed E-state index contributed by atoms with van der Waals surface area (Å²) in [5, 5.41) is 11.2. The van der Waals surface area contributed by atoms with E-state index in [-0.39, 0.29) is 0 Å². The van der Waals surface area contributed by atoms with Gasteiger partial charge < -0.3 is 5.73 Å². The highest BCUT2D eigenvalue weighted by molar-refractivity contribution is 5.91. The van der Waals surface area contributed by atoms with Crippen LogP contribution in [-0.2, 0) is 12.1 Å². The van der Waals surface area contributed by atoms with Crippen LogP contribution in [0, 0.1) is 6.92 Å². The molecule has 1 aliphatic heterocycles. The molecule has 0 fully saturated rings. The number of H-pyrrole nitrogens is 1. The van der Waals surface area contributed by atoms with E-state index in [0.717, 1.165) is 22.8 Å². The van der Waals surface area contributed by atoms with E-state index in [4.69, 9.17) is 5.73 Å². The lowest BCUT2D eigenvalue weighted by atomic mass is 9.92. The number of nitrogens with zero attached hydrogens (tertiary/aromatic N) is 4. The second-order valence-corrected chi connectivity index (χ2v) is 5.15. The fourth-order valence-corrected chi connectivity index (χ4v) is 2.17. The third-order valence-electron chi connectivity index (χ3n) is 3.31. The molecule has 3 rings (SSSR count). The number of hydrazone groups is 1. The maximum Gasteiger partial charge on any atom is 0.120 e. The van der Waals surface area contributed by atoms with E-state index in [1.807, 2.05) is 25.1 Å². The average Bonchev–Trinajstić information content (AvgIpc) is 2.94. The van der Waals surface area contributed by atoms with E-state index in [2.05, 4.69) is 30.7 Å². The Labute approximate surface area is 122 Å². The topological polar surface area (TPSA) is 104 Å². The number of aromatic nitrogens is 3. The summed E-state index contributed by atoms with van der Waals surface area (Å²) in [7, 11) is 0. The SMILES string of the molecule is Cc1cc(C2(N)C=NNC(=NCc3cccnc3)C2)n[nH]1. The molecule has 4 N–H and O–H groups in total. The fourth-order valence-electron chi connectivity index (χ4n) is 2.17. The number of hydrogen-bond acceptors (Lipinski definition) is 5. The van der Waals surface area contributed by atoms with Gasteiger partial charge in [-0.3, -0.25) is 20.5 Å². The van der Waals surface area contributed by atoms with Gasteiger partial charge in [-0.05, 0) is 24.6 Å². The molecule has 7 heteroatoms. The zero-order chi connectivity index (χ0) is 14.7. The largest absolute Gasteiger partial charge is 0.315 e. The molecule has 0 radical (unpaired) electrons. The summed E-state index contributed by atoms with van der Waals surface area (Å²) in [5.41, 5.74) is 11.3. The van der Waals surface area contributed by atoms with Crippen LogP contribution in [0.25, 0.3) is 0 Å². The van der Waals surface area contributed by atoms with Crippen molar-refractivity contribution in [3.05, 3.63) is 47.5 Å². The first-order valence-electron chi connectivity index (χ1n) is 6.69. The molecule has 7 nitrogen and oxygen atoms in total. The maximum atomic E-state index is 6.39. The van der Waals surface area contributed by atoms with Gasteiger partial charge in [0, 0.05) is 24.5 Å². The number of aromatic amines is 1. The predicted molar refractivity (Wildman–Crippen MR) is 80.8 cm³/mol. The van der Waals surface area contributed by atoms with Crippen molar-refractivity contribution in [3.8, 4) is 0 Å². The quantitative estimate of drug-likeness (QED) is 0.776. The molecule has 2 aromatic rings. The molecule has 1 aliphatic rings. The summed E-state index contributed by atoms with van der Waals surface area (Å²) in [6.45, 7) is 2.48. The fraction of sp³-hybridized carbons (Fsp3) is 0.286. The first kappa shape index (κ1) is 13.4. The van der Waals surface area contributed by atoms with E-state index in [9.17, 15) is 0 Å². The minimum Gasteiger partial charge on any atom is -0.315 e. The molecule has 0 bridgehead atoms. The molecular weight excluding hydrogens is 266 g/mol. The van der Waals surface area contributed by atoms with Crippen LogP contribution in [-0.4, -0.2) is 27.2 Å². The summed E-state index contributed by atoms with van der Waals surface area (Å²) in [6, 6.07) is 5.80. The first-order valence-corrected chi connectivity index (χ1v) is 6.69. The van der Waals surface area contributed by atoms with Crippen LogP contribution in [0.4, 0.5) is 0 Å². The Morgan fingerprint density at radius 2 is 2.38 bits per heavy atom. The van der Waals surface area contributed by atoms with Crippen LogP contribution in [0.1, 0.15) is 23.4 Å². The van der Waals surface area contributed by atoms with Gasteiger partial charge in [0.1, 0.15) is 11.4 Å². The number of amidine groups is 1. The van der Waals surface area contributed by atoms with Crippen LogP contribution in [0.3, 0.4) is 0 Å². The van der Waals surface area contributed by atoms with E-state index in [1.54, 1.807) is 18.6 Å². The Kier molecular flexibility index (Phi) is 3.49. The van der Waals surface area contributed by atoms with Gasteiger partial charge >= 0.3 is 0 Å². The molecule has 21 heavy (non-hydrogen) atoms. The van der Waals surface area contributed by atoms with Crippen molar-refractivity contribution in [1.82, 2.24) is 20.6 Å². The molecule has 0 spiro atoms. The number of aryl methyl sites for hydroxylation is 1. The summed E-state index contributed by atoms with van der Waals surface area (Å²) in [4.78, 5) is 8.58. The van der Waals surface area contributed by atoms with Crippen molar-refractivity contribution >= 4 is 12.1 Å². The van der Waals surface area contributed by atoms with Crippen molar-refractivity contribution in [2.75, 3.05) is 0 Å². The molecule has 0 saturated carbocycles. The van der Waals surface area contributed by atoms with E-state index in [0.29, 0.717) is 13.0 Å². The van der Waals surface area contributed by atoms with E-state index in [1.165, 1.54) is 0 Å². The molecule has 108 valence electrons.